The van der Waals surface area contributed by atoms with Crippen LogP contribution in [0.2, 0.25) is 0 Å². The molecule has 0 N–H and O–H groups in total. The molecule has 4 rings (SSSR count). The summed E-state index contributed by atoms with van der Waals surface area (Å²) in [5.41, 5.74) is 3.87. The molecule has 0 atom stereocenters. The zero-order valence-corrected chi connectivity index (χ0v) is 16.6. The fourth-order valence-corrected chi connectivity index (χ4v) is 4.10. The van der Waals surface area contributed by atoms with Gasteiger partial charge in [-0.15, -0.1) is 0 Å². The molecule has 8 heteroatoms. The SMILES string of the molecule is CN(C)S(=O)(=O)c1ccc(N2CCc3nc(-c4ccccn4)ncc3C2)cc1. The van der Waals surface area contributed by atoms with E-state index in [9.17, 15) is 8.42 Å². The summed E-state index contributed by atoms with van der Waals surface area (Å²) in [6, 6.07) is 12.7. The maximum Gasteiger partial charge on any atom is 0.242 e. The number of sulfonamides is 1. The van der Waals surface area contributed by atoms with E-state index in [0.29, 0.717) is 17.3 Å². The molecule has 0 saturated carbocycles. The van der Waals surface area contributed by atoms with Crippen LogP contribution in [-0.4, -0.2) is 48.3 Å². The summed E-state index contributed by atoms with van der Waals surface area (Å²) in [6.45, 7) is 1.50. The first-order valence-electron chi connectivity index (χ1n) is 8.99. The molecule has 144 valence electrons. The Morgan fingerprint density at radius 2 is 1.82 bits per heavy atom. The number of hydrogen-bond acceptors (Lipinski definition) is 6. The molecule has 0 saturated heterocycles. The Morgan fingerprint density at radius 3 is 2.50 bits per heavy atom. The third kappa shape index (κ3) is 3.48. The van der Waals surface area contributed by atoms with E-state index in [-0.39, 0.29) is 0 Å². The van der Waals surface area contributed by atoms with Gasteiger partial charge in [-0.1, -0.05) is 6.07 Å². The fourth-order valence-electron chi connectivity index (χ4n) is 3.19. The predicted octanol–water partition coefficient (Wildman–Crippen LogP) is 2.35. The van der Waals surface area contributed by atoms with Gasteiger partial charge in [0.15, 0.2) is 5.82 Å². The average Bonchev–Trinajstić information content (AvgIpc) is 2.73. The van der Waals surface area contributed by atoms with Crippen molar-refractivity contribution in [2.45, 2.75) is 17.9 Å². The molecule has 0 bridgehead atoms. The molecule has 1 aliphatic heterocycles. The van der Waals surface area contributed by atoms with Crippen molar-refractivity contribution in [3.8, 4) is 11.5 Å². The molecule has 0 spiro atoms. The van der Waals surface area contributed by atoms with Crippen molar-refractivity contribution in [1.29, 1.82) is 0 Å². The van der Waals surface area contributed by atoms with Crippen LogP contribution in [0.1, 0.15) is 11.3 Å². The van der Waals surface area contributed by atoms with Gasteiger partial charge in [-0.25, -0.2) is 22.7 Å². The van der Waals surface area contributed by atoms with Crippen LogP contribution in [0.4, 0.5) is 5.69 Å². The number of benzene rings is 1. The highest BCUT2D eigenvalue weighted by atomic mass is 32.2. The van der Waals surface area contributed by atoms with Gasteiger partial charge in [0, 0.05) is 57.3 Å². The summed E-state index contributed by atoms with van der Waals surface area (Å²) in [7, 11) is -0.352. The third-order valence-electron chi connectivity index (χ3n) is 4.81. The quantitative estimate of drug-likeness (QED) is 0.675. The summed E-state index contributed by atoms with van der Waals surface area (Å²) < 4.78 is 25.7. The second kappa shape index (κ2) is 7.29. The Morgan fingerprint density at radius 1 is 1.04 bits per heavy atom. The number of fused-ring (bicyclic) bond motifs is 1. The molecule has 0 fully saturated rings. The molecule has 1 aliphatic rings. The standard InChI is InChI=1S/C20H21N5O2S/c1-24(2)28(26,27)17-8-6-16(7-9-17)25-12-10-18-15(14-25)13-22-20(23-18)19-5-3-4-11-21-19/h3-9,11,13H,10,12,14H2,1-2H3. The largest absolute Gasteiger partial charge is 0.367 e. The first-order chi connectivity index (χ1) is 13.4. The Balaban J connectivity index is 1.55. The van der Waals surface area contributed by atoms with Gasteiger partial charge in [-0.3, -0.25) is 4.98 Å². The molecule has 0 unspecified atom stereocenters. The summed E-state index contributed by atoms with van der Waals surface area (Å²) in [4.78, 5) is 16.0. The molecule has 3 heterocycles. The minimum atomic E-state index is -3.42. The van der Waals surface area contributed by atoms with Crippen molar-refractivity contribution in [3.63, 3.8) is 0 Å². The molecule has 2 aromatic heterocycles. The van der Waals surface area contributed by atoms with Crippen LogP contribution in [-0.2, 0) is 23.0 Å². The van der Waals surface area contributed by atoms with Crippen molar-refractivity contribution in [2.24, 2.45) is 0 Å². The molecule has 3 aromatic rings. The van der Waals surface area contributed by atoms with Crippen LogP contribution in [0.15, 0.2) is 59.8 Å². The summed E-state index contributed by atoms with van der Waals surface area (Å²) >= 11 is 0. The maximum absolute atomic E-state index is 12.2. The van der Waals surface area contributed by atoms with Crippen molar-refractivity contribution in [3.05, 3.63) is 66.1 Å². The summed E-state index contributed by atoms with van der Waals surface area (Å²) in [5.74, 6) is 0.644. The van der Waals surface area contributed by atoms with Crippen LogP contribution in [0, 0.1) is 0 Å². The lowest BCUT2D eigenvalue weighted by molar-refractivity contribution is 0.520. The summed E-state index contributed by atoms with van der Waals surface area (Å²) in [5, 5.41) is 0. The number of rotatable bonds is 4. The molecule has 7 nitrogen and oxygen atoms in total. The third-order valence-corrected chi connectivity index (χ3v) is 6.64. The highest BCUT2D eigenvalue weighted by Crippen LogP contribution is 2.26. The lowest BCUT2D eigenvalue weighted by atomic mass is 10.1. The summed E-state index contributed by atoms with van der Waals surface area (Å²) in [6.07, 6.45) is 4.40. The maximum atomic E-state index is 12.2. The molecular weight excluding hydrogens is 374 g/mol. The molecular formula is C20H21N5O2S. The van der Waals surface area contributed by atoms with Gasteiger partial charge in [0.05, 0.1) is 10.6 Å². The van der Waals surface area contributed by atoms with Gasteiger partial charge < -0.3 is 4.90 Å². The van der Waals surface area contributed by atoms with E-state index in [1.807, 2.05) is 36.5 Å². The Hall–Kier alpha value is -2.84. The van der Waals surface area contributed by atoms with E-state index in [2.05, 4.69) is 14.9 Å². The van der Waals surface area contributed by atoms with E-state index < -0.39 is 10.0 Å². The number of nitrogens with zero attached hydrogens (tertiary/aromatic N) is 5. The van der Waals surface area contributed by atoms with Crippen LogP contribution >= 0.6 is 0 Å². The smallest absolute Gasteiger partial charge is 0.242 e. The van der Waals surface area contributed by atoms with E-state index in [4.69, 9.17) is 4.98 Å². The van der Waals surface area contributed by atoms with Gasteiger partial charge in [0.1, 0.15) is 5.69 Å². The lowest BCUT2D eigenvalue weighted by Crippen LogP contribution is -2.31. The zero-order valence-electron chi connectivity index (χ0n) is 15.8. The van der Waals surface area contributed by atoms with Crippen LogP contribution < -0.4 is 4.90 Å². The Labute approximate surface area is 164 Å². The van der Waals surface area contributed by atoms with E-state index >= 15 is 0 Å². The number of anilines is 1. The minimum Gasteiger partial charge on any atom is -0.367 e. The monoisotopic (exact) mass is 395 g/mol. The minimum absolute atomic E-state index is 0.294. The predicted molar refractivity (Wildman–Crippen MR) is 107 cm³/mol. The van der Waals surface area contributed by atoms with Crippen LogP contribution in [0.5, 0.6) is 0 Å². The fraction of sp³-hybridized carbons (Fsp3) is 0.250. The average molecular weight is 395 g/mol. The normalized spacial score (nSPS) is 14.2. The molecule has 0 aliphatic carbocycles. The number of pyridine rings is 1. The molecule has 0 radical (unpaired) electrons. The van der Waals surface area contributed by atoms with Gasteiger partial charge >= 0.3 is 0 Å². The Bertz CT molecular complexity index is 1080. The Kier molecular flexibility index (Phi) is 4.82. The topological polar surface area (TPSA) is 79.3 Å². The van der Waals surface area contributed by atoms with Crippen LogP contribution in [0.25, 0.3) is 11.5 Å². The van der Waals surface area contributed by atoms with E-state index in [1.54, 1.807) is 18.3 Å². The van der Waals surface area contributed by atoms with E-state index in [0.717, 1.165) is 35.6 Å². The van der Waals surface area contributed by atoms with Gasteiger partial charge in [0.25, 0.3) is 0 Å². The van der Waals surface area contributed by atoms with Crippen molar-refractivity contribution in [1.82, 2.24) is 19.3 Å². The highest BCUT2D eigenvalue weighted by molar-refractivity contribution is 7.89. The van der Waals surface area contributed by atoms with Crippen molar-refractivity contribution in [2.75, 3.05) is 25.5 Å². The molecule has 0 amide bonds. The molecule has 28 heavy (non-hydrogen) atoms. The van der Waals surface area contributed by atoms with Crippen LogP contribution in [0.3, 0.4) is 0 Å². The van der Waals surface area contributed by atoms with E-state index in [1.165, 1.54) is 18.4 Å². The van der Waals surface area contributed by atoms with Crippen molar-refractivity contribution < 1.29 is 8.42 Å². The first-order valence-corrected chi connectivity index (χ1v) is 10.4. The molecule has 1 aromatic carbocycles. The van der Waals surface area contributed by atoms with Gasteiger partial charge in [0.2, 0.25) is 10.0 Å². The lowest BCUT2D eigenvalue weighted by Gasteiger charge is -2.30. The van der Waals surface area contributed by atoms with Gasteiger partial charge in [-0.05, 0) is 36.4 Å². The second-order valence-corrected chi connectivity index (χ2v) is 8.99. The highest BCUT2D eigenvalue weighted by Gasteiger charge is 2.21. The first kappa shape index (κ1) is 18.5. The zero-order chi connectivity index (χ0) is 19.7. The van der Waals surface area contributed by atoms with Crippen molar-refractivity contribution >= 4 is 15.7 Å². The second-order valence-electron chi connectivity index (χ2n) is 6.83. The number of hydrogen-bond donors (Lipinski definition) is 0. The van der Waals surface area contributed by atoms with Gasteiger partial charge in [-0.2, -0.15) is 0 Å². The number of aromatic nitrogens is 3.